The molecule has 7 heteroatoms. The number of imidazole rings is 1. The molecule has 1 aliphatic rings. The normalized spacial score (nSPS) is 16.3. The number of rotatable bonds is 4. The molecule has 0 radical (unpaired) electrons. The predicted molar refractivity (Wildman–Crippen MR) is 94.7 cm³/mol. The third-order valence-electron chi connectivity index (χ3n) is 4.46. The zero-order chi connectivity index (χ0) is 17.3. The van der Waals surface area contributed by atoms with Gasteiger partial charge in [-0.25, -0.2) is 4.98 Å². The van der Waals surface area contributed by atoms with Crippen LogP contribution >= 0.6 is 11.3 Å². The minimum absolute atomic E-state index is 0.00817. The summed E-state index contributed by atoms with van der Waals surface area (Å²) in [5, 5.41) is 0. The van der Waals surface area contributed by atoms with E-state index in [4.69, 9.17) is 5.73 Å². The van der Waals surface area contributed by atoms with Crippen LogP contribution in [-0.2, 0) is 9.59 Å². The van der Waals surface area contributed by atoms with Gasteiger partial charge in [0.05, 0.1) is 11.4 Å². The zero-order valence-electron chi connectivity index (χ0n) is 14.0. The van der Waals surface area contributed by atoms with Crippen LogP contribution in [0.1, 0.15) is 35.5 Å². The van der Waals surface area contributed by atoms with Crippen LogP contribution in [0.3, 0.4) is 0 Å². The summed E-state index contributed by atoms with van der Waals surface area (Å²) in [6.07, 6.45) is 7.60. The lowest BCUT2D eigenvalue weighted by molar-refractivity contribution is -0.127. The van der Waals surface area contributed by atoms with Crippen LogP contribution in [0.5, 0.6) is 0 Å². The molecular formula is C17H22N4O2S. The fraction of sp³-hybridized carbons (Fsp3) is 0.471. The number of hydrogen-bond donors (Lipinski definition) is 1. The van der Waals surface area contributed by atoms with E-state index in [2.05, 4.69) is 4.98 Å². The first-order valence-corrected chi connectivity index (χ1v) is 8.96. The molecule has 0 unspecified atom stereocenters. The molecule has 1 saturated heterocycles. The number of aromatic nitrogens is 2. The number of carbonyl (C=O) groups is 2. The van der Waals surface area contributed by atoms with E-state index in [9.17, 15) is 9.59 Å². The van der Waals surface area contributed by atoms with Gasteiger partial charge in [-0.15, -0.1) is 11.3 Å². The number of thiazole rings is 1. The van der Waals surface area contributed by atoms with E-state index in [1.165, 1.54) is 4.88 Å². The fourth-order valence-corrected chi connectivity index (χ4v) is 4.06. The maximum absolute atomic E-state index is 12.4. The quantitative estimate of drug-likeness (QED) is 0.861. The third kappa shape index (κ3) is 3.51. The number of nitrogens with zero attached hydrogens (tertiary/aromatic N) is 3. The topological polar surface area (TPSA) is 80.7 Å². The van der Waals surface area contributed by atoms with E-state index < -0.39 is 0 Å². The van der Waals surface area contributed by atoms with Crippen LogP contribution < -0.4 is 5.73 Å². The van der Waals surface area contributed by atoms with E-state index in [1.807, 2.05) is 35.4 Å². The molecule has 3 heterocycles. The second kappa shape index (κ2) is 6.76. The second-order valence-electron chi connectivity index (χ2n) is 6.35. The van der Waals surface area contributed by atoms with Crippen molar-refractivity contribution in [3.63, 3.8) is 0 Å². The van der Waals surface area contributed by atoms with Gasteiger partial charge in [-0.05, 0) is 38.7 Å². The summed E-state index contributed by atoms with van der Waals surface area (Å²) in [7, 11) is 0. The van der Waals surface area contributed by atoms with Gasteiger partial charge < -0.3 is 10.6 Å². The van der Waals surface area contributed by atoms with Gasteiger partial charge in [-0.1, -0.05) is 0 Å². The molecule has 6 nitrogen and oxygen atoms in total. The highest BCUT2D eigenvalue weighted by Crippen LogP contribution is 2.23. The number of carbonyl (C=O) groups excluding carboxylic acids is 2. The average Bonchev–Trinajstić information content (AvgIpc) is 3.00. The zero-order valence-corrected chi connectivity index (χ0v) is 14.8. The molecular weight excluding hydrogens is 324 g/mol. The molecule has 0 bridgehead atoms. The summed E-state index contributed by atoms with van der Waals surface area (Å²) < 4.78 is 2.03. The number of likely N-dealkylation sites (tertiary alicyclic amines) is 1. The number of primary amides is 1. The molecule has 2 N–H and O–H groups in total. The minimum atomic E-state index is -0.258. The van der Waals surface area contributed by atoms with Crippen molar-refractivity contribution in [2.45, 2.75) is 33.1 Å². The van der Waals surface area contributed by atoms with E-state index >= 15 is 0 Å². The van der Waals surface area contributed by atoms with Crippen LogP contribution in [0, 0.1) is 19.8 Å². The Hall–Kier alpha value is -2.15. The van der Waals surface area contributed by atoms with Gasteiger partial charge in [-0.3, -0.25) is 14.0 Å². The van der Waals surface area contributed by atoms with Crippen molar-refractivity contribution in [3.8, 4) is 0 Å². The van der Waals surface area contributed by atoms with E-state index in [1.54, 1.807) is 17.4 Å². The maximum Gasteiger partial charge on any atom is 0.246 e. The van der Waals surface area contributed by atoms with Crippen molar-refractivity contribution >= 4 is 34.2 Å². The van der Waals surface area contributed by atoms with Crippen molar-refractivity contribution < 1.29 is 9.59 Å². The van der Waals surface area contributed by atoms with Crippen molar-refractivity contribution in [2.24, 2.45) is 11.7 Å². The Morgan fingerprint density at radius 1 is 1.38 bits per heavy atom. The largest absolute Gasteiger partial charge is 0.370 e. The highest BCUT2D eigenvalue weighted by atomic mass is 32.1. The van der Waals surface area contributed by atoms with Crippen LogP contribution in [0.25, 0.3) is 11.0 Å². The first-order valence-electron chi connectivity index (χ1n) is 8.14. The molecule has 2 amide bonds. The molecule has 128 valence electrons. The molecule has 2 aromatic heterocycles. The van der Waals surface area contributed by atoms with E-state index in [0.717, 1.165) is 29.2 Å². The van der Waals surface area contributed by atoms with Gasteiger partial charge in [0.1, 0.15) is 0 Å². The fourth-order valence-electron chi connectivity index (χ4n) is 3.18. The summed E-state index contributed by atoms with van der Waals surface area (Å²) in [6, 6.07) is 0. The highest BCUT2D eigenvalue weighted by Gasteiger charge is 2.22. The molecule has 2 aromatic rings. The number of fused-ring (bicyclic) bond motifs is 1. The van der Waals surface area contributed by atoms with Gasteiger partial charge in [0.25, 0.3) is 0 Å². The molecule has 0 saturated carbocycles. The first-order chi connectivity index (χ1) is 11.4. The Kier molecular flexibility index (Phi) is 4.71. The van der Waals surface area contributed by atoms with Crippen molar-refractivity contribution in [3.05, 3.63) is 28.5 Å². The van der Waals surface area contributed by atoms with Crippen LogP contribution in [0.2, 0.25) is 0 Å². The number of amides is 2. The van der Waals surface area contributed by atoms with Crippen LogP contribution in [-0.4, -0.2) is 39.2 Å². The lowest BCUT2D eigenvalue weighted by atomic mass is 9.93. The molecule has 0 spiro atoms. The van der Waals surface area contributed by atoms with E-state index in [-0.39, 0.29) is 11.8 Å². The predicted octanol–water partition coefficient (Wildman–Crippen LogP) is 2.14. The van der Waals surface area contributed by atoms with Crippen LogP contribution in [0.15, 0.2) is 12.3 Å². The van der Waals surface area contributed by atoms with Gasteiger partial charge >= 0.3 is 0 Å². The lowest BCUT2D eigenvalue weighted by Crippen LogP contribution is -2.38. The summed E-state index contributed by atoms with van der Waals surface area (Å²) in [4.78, 5) is 31.9. The smallest absolute Gasteiger partial charge is 0.246 e. The van der Waals surface area contributed by atoms with Gasteiger partial charge in [0.2, 0.25) is 11.8 Å². The number of piperidine rings is 1. The summed E-state index contributed by atoms with van der Waals surface area (Å²) in [6.45, 7) is 5.36. The lowest BCUT2D eigenvalue weighted by Gasteiger charge is -2.30. The van der Waals surface area contributed by atoms with Crippen molar-refractivity contribution in [2.75, 3.05) is 13.1 Å². The Morgan fingerprint density at radius 2 is 2.08 bits per heavy atom. The summed E-state index contributed by atoms with van der Waals surface area (Å²) >= 11 is 1.64. The summed E-state index contributed by atoms with van der Waals surface area (Å²) in [5.74, 6) is 0.0563. The third-order valence-corrected chi connectivity index (χ3v) is 5.36. The number of aryl methyl sites for hydroxylation is 2. The second-order valence-corrected chi connectivity index (χ2v) is 7.56. The van der Waals surface area contributed by atoms with Crippen molar-refractivity contribution in [1.29, 1.82) is 0 Å². The minimum Gasteiger partial charge on any atom is -0.370 e. The number of hydrogen-bond acceptors (Lipinski definition) is 4. The molecule has 24 heavy (non-hydrogen) atoms. The summed E-state index contributed by atoms with van der Waals surface area (Å²) in [5.41, 5.74) is 7.11. The van der Waals surface area contributed by atoms with E-state index in [0.29, 0.717) is 25.4 Å². The monoisotopic (exact) mass is 346 g/mol. The molecule has 0 atom stereocenters. The molecule has 0 aliphatic carbocycles. The van der Waals surface area contributed by atoms with Gasteiger partial charge in [-0.2, -0.15) is 0 Å². The SMILES string of the molecule is Cc1cn2c(/C=C\C(=O)N3CCC(CC(N)=O)CC3)c(C)nc2s1. The molecule has 1 fully saturated rings. The van der Waals surface area contributed by atoms with Crippen molar-refractivity contribution in [1.82, 2.24) is 14.3 Å². The maximum atomic E-state index is 12.4. The standard InChI is InChI=1S/C17H22N4O2S/c1-11-10-21-14(12(2)19-17(21)24-11)3-4-16(23)20-7-5-13(6-8-20)9-15(18)22/h3-4,10,13H,5-9H2,1-2H3,(H2,18,22)/b4-3-. The number of nitrogens with two attached hydrogens (primary N) is 1. The molecule has 1 aliphatic heterocycles. The Labute approximate surface area is 145 Å². The highest BCUT2D eigenvalue weighted by molar-refractivity contribution is 7.17. The van der Waals surface area contributed by atoms with Gasteiger partial charge in [0.15, 0.2) is 4.96 Å². The molecule has 0 aromatic carbocycles. The van der Waals surface area contributed by atoms with Crippen LogP contribution in [0.4, 0.5) is 0 Å². The Balaban J connectivity index is 1.65. The molecule has 3 rings (SSSR count). The average molecular weight is 346 g/mol. The Bertz CT molecular complexity index is 797. The first kappa shape index (κ1) is 16.7. The van der Waals surface area contributed by atoms with Gasteiger partial charge in [0, 0.05) is 36.7 Å². The Morgan fingerprint density at radius 3 is 2.75 bits per heavy atom.